The molecule has 2 rings (SSSR count). The summed E-state index contributed by atoms with van der Waals surface area (Å²) in [6, 6.07) is 19.3. The van der Waals surface area contributed by atoms with Crippen molar-refractivity contribution in [3.05, 3.63) is 71.8 Å². The first-order valence-corrected chi connectivity index (χ1v) is 5.17. The van der Waals surface area contributed by atoms with Crippen molar-refractivity contribution in [2.45, 2.75) is 6.61 Å². The Kier molecular flexibility index (Phi) is 3.34. The van der Waals surface area contributed by atoms with Crippen molar-refractivity contribution in [2.24, 2.45) is 0 Å². The minimum atomic E-state index is 0.212. The third-order valence-corrected chi connectivity index (χ3v) is 2.26. The summed E-state index contributed by atoms with van der Waals surface area (Å²) < 4.78 is 5.40. The summed E-state index contributed by atoms with van der Waals surface area (Å²) in [4.78, 5) is 0. The Morgan fingerprint density at radius 2 is 1.44 bits per heavy atom. The summed E-state index contributed by atoms with van der Waals surface area (Å²) in [6.07, 6.45) is 0. The molecule has 0 fully saturated rings. The van der Waals surface area contributed by atoms with Gasteiger partial charge in [0.15, 0.2) is 0 Å². The van der Waals surface area contributed by atoms with Gasteiger partial charge in [-0.25, -0.2) is 0 Å². The molecule has 0 radical (unpaired) electrons. The molecule has 0 heterocycles. The normalized spacial score (nSPS) is 9.75. The molecular weight excluding hydrogens is 198 g/mol. The van der Waals surface area contributed by atoms with E-state index in [1.165, 1.54) is 0 Å². The molecule has 0 saturated heterocycles. The standard InChI is InChI=1S/C14H13NO/c15-14(13-9-5-2-6-10-13)16-11-12-7-3-1-4-8-12/h1-10,15H,11H2. The second kappa shape index (κ2) is 5.12. The zero-order valence-electron chi connectivity index (χ0n) is 8.89. The van der Waals surface area contributed by atoms with E-state index in [1.54, 1.807) is 0 Å². The molecular formula is C14H13NO. The van der Waals surface area contributed by atoms with Crippen molar-refractivity contribution in [3.8, 4) is 0 Å². The maximum Gasteiger partial charge on any atom is 0.213 e. The monoisotopic (exact) mass is 211 g/mol. The molecule has 16 heavy (non-hydrogen) atoms. The van der Waals surface area contributed by atoms with Crippen LogP contribution in [-0.4, -0.2) is 5.90 Å². The van der Waals surface area contributed by atoms with Crippen molar-refractivity contribution in [1.82, 2.24) is 0 Å². The third kappa shape index (κ3) is 2.70. The Labute approximate surface area is 95.0 Å². The first-order chi connectivity index (χ1) is 7.86. The van der Waals surface area contributed by atoms with E-state index in [1.807, 2.05) is 60.7 Å². The van der Waals surface area contributed by atoms with E-state index in [2.05, 4.69) is 0 Å². The van der Waals surface area contributed by atoms with Crippen LogP contribution in [0.15, 0.2) is 60.7 Å². The summed E-state index contributed by atoms with van der Waals surface area (Å²) >= 11 is 0. The average molecular weight is 211 g/mol. The quantitative estimate of drug-likeness (QED) is 0.613. The van der Waals surface area contributed by atoms with Gasteiger partial charge in [0, 0.05) is 5.56 Å². The molecule has 0 bridgehead atoms. The van der Waals surface area contributed by atoms with Gasteiger partial charge in [0.05, 0.1) is 0 Å². The van der Waals surface area contributed by atoms with Gasteiger partial charge < -0.3 is 4.74 Å². The fourth-order valence-corrected chi connectivity index (χ4v) is 1.40. The van der Waals surface area contributed by atoms with Gasteiger partial charge in [0.2, 0.25) is 5.90 Å². The van der Waals surface area contributed by atoms with Crippen molar-refractivity contribution in [2.75, 3.05) is 0 Å². The van der Waals surface area contributed by atoms with Gasteiger partial charge in [-0.15, -0.1) is 0 Å². The molecule has 0 aromatic heterocycles. The summed E-state index contributed by atoms with van der Waals surface area (Å²) in [6.45, 7) is 0.439. The van der Waals surface area contributed by atoms with Crippen LogP contribution in [0.25, 0.3) is 0 Å². The predicted octanol–water partition coefficient (Wildman–Crippen LogP) is 3.23. The lowest BCUT2D eigenvalue weighted by Gasteiger charge is -2.07. The van der Waals surface area contributed by atoms with Crippen molar-refractivity contribution < 1.29 is 4.74 Å². The molecule has 0 aliphatic carbocycles. The van der Waals surface area contributed by atoms with E-state index in [0.29, 0.717) is 6.61 Å². The summed E-state index contributed by atoms with van der Waals surface area (Å²) in [5, 5.41) is 7.76. The lowest BCUT2D eigenvalue weighted by Crippen LogP contribution is -2.04. The molecule has 2 heteroatoms. The number of benzene rings is 2. The molecule has 0 unspecified atom stereocenters. The third-order valence-electron chi connectivity index (χ3n) is 2.26. The molecule has 0 aliphatic heterocycles. The van der Waals surface area contributed by atoms with Crippen LogP contribution in [0, 0.1) is 5.41 Å². The van der Waals surface area contributed by atoms with Gasteiger partial charge >= 0.3 is 0 Å². The Bertz CT molecular complexity index is 451. The Morgan fingerprint density at radius 1 is 0.875 bits per heavy atom. The first kappa shape index (κ1) is 10.4. The van der Waals surface area contributed by atoms with E-state index >= 15 is 0 Å². The topological polar surface area (TPSA) is 33.1 Å². The van der Waals surface area contributed by atoms with Gasteiger partial charge in [0.25, 0.3) is 0 Å². The fraction of sp³-hybridized carbons (Fsp3) is 0.0714. The maximum atomic E-state index is 7.76. The van der Waals surface area contributed by atoms with E-state index in [4.69, 9.17) is 10.1 Å². The summed E-state index contributed by atoms with van der Waals surface area (Å²) in [5.74, 6) is 0.212. The highest BCUT2D eigenvalue weighted by atomic mass is 16.5. The van der Waals surface area contributed by atoms with Gasteiger partial charge in [-0.1, -0.05) is 48.5 Å². The molecule has 0 atom stereocenters. The highest BCUT2D eigenvalue weighted by Gasteiger charge is 2.01. The molecule has 0 amide bonds. The number of hydrogen-bond donors (Lipinski definition) is 1. The van der Waals surface area contributed by atoms with E-state index in [0.717, 1.165) is 11.1 Å². The van der Waals surface area contributed by atoms with Crippen LogP contribution < -0.4 is 0 Å². The minimum Gasteiger partial charge on any atom is -0.473 e. The van der Waals surface area contributed by atoms with Gasteiger partial charge in [-0.05, 0) is 17.7 Å². The van der Waals surface area contributed by atoms with Gasteiger partial charge in [-0.3, -0.25) is 5.41 Å². The molecule has 2 nitrogen and oxygen atoms in total. The molecule has 2 aromatic rings. The lowest BCUT2D eigenvalue weighted by molar-refractivity contribution is 0.291. The second-order valence-corrected chi connectivity index (χ2v) is 3.47. The molecule has 80 valence electrons. The minimum absolute atomic E-state index is 0.212. The Morgan fingerprint density at radius 3 is 2.06 bits per heavy atom. The zero-order valence-corrected chi connectivity index (χ0v) is 8.89. The highest BCUT2D eigenvalue weighted by Crippen LogP contribution is 2.05. The van der Waals surface area contributed by atoms with Gasteiger partial charge in [-0.2, -0.15) is 0 Å². The zero-order chi connectivity index (χ0) is 11.2. The molecule has 0 aliphatic rings. The van der Waals surface area contributed by atoms with Crippen molar-refractivity contribution in [3.63, 3.8) is 0 Å². The second-order valence-electron chi connectivity index (χ2n) is 3.47. The maximum absolute atomic E-state index is 7.76. The van der Waals surface area contributed by atoms with Crippen molar-refractivity contribution in [1.29, 1.82) is 5.41 Å². The SMILES string of the molecule is N=C(OCc1ccccc1)c1ccccc1. The predicted molar refractivity (Wildman–Crippen MR) is 64.5 cm³/mol. The van der Waals surface area contributed by atoms with E-state index in [-0.39, 0.29) is 5.90 Å². The Balaban J connectivity index is 1.95. The fourth-order valence-electron chi connectivity index (χ4n) is 1.40. The largest absolute Gasteiger partial charge is 0.473 e. The van der Waals surface area contributed by atoms with Crippen LogP contribution >= 0.6 is 0 Å². The number of nitrogens with one attached hydrogen (secondary N) is 1. The average Bonchev–Trinajstić information content (AvgIpc) is 2.38. The van der Waals surface area contributed by atoms with Crippen LogP contribution in [0.5, 0.6) is 0 Å². The van der Waals surface area contributed by atoms with Crippen LogP contribution in [0.3, 0.4) is 0 Å². The van der Waals surface area contributed by atoms with Gasteiger partial charge in [0.1, 0.15) is 6.61 Å². The van der Waals surface area contributed by atoms with Crippen LogP contribution in [0.4, 0.5) is 0 Å². The van der Waals surface area contributed by atoms with Crippen LogP contribution in [0.1, 0.15) is 11.1 Å². The molecule has 0 saturated carbocycles. The first-order valence-electron chi connectivity index (χ1n) is 5.17. The van der Waals surface area contributed by atoms with Crippen LogP contribution in [-0.2, 0) is 11.3 Å². The number of hydrogen-bond acceptors (Lipinski definition) is 2. The summed E-state index contributed by atoms with van der Waals surface area (Å²) in [7, 11) is 0. The van der Waals surface area contributed by atoms with Crippen molar-refractivity contribution >= 4 is 5.90 Å². The highest BCUT2D eigenvalue weighted by molar-refractivity contribution is 5.91. The van der Waals surface area contributed by atoms with E-state index < -0.39 is 0 Å². The summed E-state index contributed by atoms with van der Waals surface area (Å²) in [5.41, 5.74) is 1.88. The Hall–Kier alpha value is -2.09. The molecule has 1 N–H and O–H groups in total. The van der Waals surface area contributed by atoms with E-state index in [9.17, 15) is 0 Å². The number of rotatable bonds is 3. The molecule has 0 spiro atoms. The van der Waals surface area contributed by atoms with Crippen LogP contribution in [0.2, 0.25) is 0 Å². The lowest BCUT2D eigenvalue weighted by atomic mass is 10.2. The molecule has 2 aromatic carbocycles. The number of ether oxygens (including phenoxy) is 1. The smallest absolute Gasteiger partial charge is 0.213 e.